The van der Waals surface area contributed by atoms with Gasteiger partial charge in [0.05, 0.1) is 12.1 Å². The van der Waals surface area contributed by atoms with Crippen molar-refractivity contribution in [2.24, 2.45) is 18.7 Å². The van der Waals surface area contributed by atoms with Crippen LogP contribution in [0.15, 0.2) is 12.4 Å². The molecule has 1 aromatic rings. The largest absolute Gasteiger partial charge is 0.352 e. The van der Waals surface area contributed by atoms with E-state index in [1.807, 2.05) is 13.2 Å². The predicted molar refractivity (Wildman–Crippen MR) is 62.5 cm³/mol. The molecule has 0 fully saturated rings. The molecule has 0 aliphatic carbocycles. The van der Waals surface area contributed by atoms with Gasteiger partial charge in [0, 0.05) is 31.9 Å². The van der Waals surface area contributed by atoms with E-state index >= 15 is 0 Å². The van der Waals surface area contributed by atoms with Crippen molar-refractivity contribution in [3.63, 3.8) is 0 Å². The molecule has 0 spiro atoms. The van der Waals surface area contributed by atoms with E-state index in [1.54, 1.807) is 10.9 Å². The molecule has 0 bridgehead atoms. The van der Waals surface area contributed by atoms with Crippen LogP contribution in [0, 0.1) is 5.92 Å². The van der Waals surface area contributed by atoms with E-state index in [0.717, 1.165) is 18.4 Å². The van der Waals surface area contributed by atoms with Gasteiger partial charge in [0.2, 0.25) is 5.91 Å². The van der Waals surface area contributed by atoms with Crippen molar-refractivity contribution in [2.45, 2.75) is 26.3 Å². The molecule has 3 N–H and O–H groups in total. The average Bonchev–Trinajstić information content (AvgIpc) is 2.68. The van der Waals surface area contributed by atoms with E-state index in [-0.39, 0.29) is 11.8 Å². The van der Waals surface area contributed by atoms with Gasteiger partial charge in [-0.2, -0.15) is 5.10 Å². The summed E-state index contributed by atoms with van der Waals surface area (Å²) in [5.41, 5.74) is 6.56. The summed E-state index contributed by atoms with van der Waals surface area (Å²) in [5, 5.41) is 6.91. The van der Waals surface area contributed by atoms with E-state index in [1.165, 1.54) is 0 Å². The van der Waals surface area contributed by atoms with Gasteiger partial charge in [-0.25, -0.2) is 0 Å². The van der Waals surface area contributed by atoms with Gasteiger partial charge in [0.25, 0.3) is 0 Å². The van der Waals surface area contributed by atoms with Gasteiger partial charge in [0.15, 0.2) is 0 Å². The number of hydrogen-bond acceptors (Lipinski definition) is 3. The van der Waals surface area contributed by atoms with Gasteiger partial charge < -0.3 is 11.1 Å². The summed E-state index contributed by atoms with van der Waals surface area (Å²) in [6.07, 6.45) is 5.45. The lowest BCUT2D eigenvalue weighted by Gasteiger charge is -2.13. The van der Waals surface area contributed by atoms with Gasteiger partial charge in [-0.05, 0) is 6.42 Å². The third kappa shape index (κ3) is 3.66. The van der Waals surface area contributed by atoms with Crippen LogP contribution < -0.4 is 11.1 Å². The standard InChI is InChI=1S/C11H20N4O/c1-3-4-10(5-12)11(16)13-6-9-7-14-15(2)8-9/h7-8,10H,3-6,12H2,1-2H3,(H,13,16). The first-order valence-electron chi connectivity index (χ1n) is 5.62. The number of carbonyl (C=O) groups excluding carboxylic acids is 1. The Kier molecular flexibility index (Phi) is 4.98. The zero-order valence-corrected chi connectivity index (χ0v) is 9.94. The number of aromatic nitrogens is 2. The minimum atomic E-state index is -0.0679. The van der Waals surface area contributed by atoms with Crippen molar-refractivity contribution < 1.29 is 4.79 Å². The van der Waals surface area contributed by atoms with Crippen LogP contribution in [0.3, 0.4) is 0 Å². The summed E-state index contributed by atoms with van der Waals surface area (Å²) in [5.74, 6) is -0.0325. The Balaban J connectivity index is 2.39. The third-order valence-corrected chi connectivity index (χ3v) is 2.52. The Bertz CT molecular complexity index is 334. The fourth-order valence-electron chi connectivity index (χ4n) is 1.60. The number of amides is 1. The van der Waals surface area contributed by atoms with Crippen LogP contribution in [0.4, 0.5) is 0 Å². The molecule has 0 aliphatic rings. The molecule has 90 valence electrons. The van der Waals surface area contributed by atoms with E-state index in [2.05, 4.69) is 17.3 Å². The van der Waals surface area contributed by atoms with Gasteiger partial charge in [-0.3, -0.25) is 9.48 Å². The van der Waals surface area contributed by atoms with E-state index in [0.29, 0.717) is 13.1 Å². The zero-order valence-electron chi connectivity index (χ0n) is 9.94. The van der Waals surface area contributed by atoms with E-state index in [9.17, 15) is 4.79 Å². The molecule has 1 rings (SSSR count). The molecule has 0 radical (unpaired) electrons. The Morgan fingerprint density at radius 3 is 2.94 bits per heavy atom. The highest BCUT2D eigenvalue weighted by Gasteiger charge is 2.15. The zero-order chi connectivity index (χ0) is 12.0. The quantitative estimate of drug-likeness (QED) is 0.735. The number of carbonyl (C=O) groups is 1. The summed E-state index contributed by atoms with van der Waals surface area (Å²) >= 11 is 0. The first-order valence-corrected chi connectivity index (χ1v) is 5.62. The smallest absolute Gasteiger partial charge is 0.224 e. The Morgan fingerprint density at radius 2 is 2.44 bits per heavy atom. The molecule has 0 aliphatic heterocycles. The number of aryl methyl sites for hydroxylation is 1. The predicted octanol–water partition coefficient (Wildman–Crippen LogP) is 0.411. The first-order chi connectivity index (χ1) is 7.67. The summed E-state index contributed by atoms with van der Waals surface area (Å²) in [4.78, 5) is 11.7. The van der Waals surface area contributed by atoms with Crippen LogP contribution in [-0.2, 0) is 18.4 Å². The molecule has 1 heterocycles. The third-order valence-electron chi connectivity index (χ3n) is 2.52. The molecule has 0 saturated carbocycles. The van der Waals surface area contributed by atoms with Crippen molar-refractivity contribution in [2.75, 3.05) is 6.54 Å². The minimum absolute atomic E-state index is 0.0354. The Morgan fingerprint density at radius 1 is 1.69 bits per heavy atom. The van der Waals surface area contributed by atoms with Crippen molar-refractivity contribution >= 4 is 5.91 Å². The van der Waals surface area contributed by atoms with Crippen molar-refractivity contribution in [1.82, 2.24) is 15.1 Å². The summed E-state index contributed by atoms with van der Waals surface area (Å²) in [6, 6.07) is 0. The van der Waals surface area contributed by atoms with Gasteiger partial charge >= 0.3 is 0 Å². The number of nitrogens with one attached hydrogen (secondary N) is 1. The molecular weight excluding hydrogens is 204 g/mol. The van der Waals surface area contributed by atoms with Crippen LogP contribution in [0.1, 0.15) is 25.3 Å². The molecule has 5 nitrogen and oxygen atoms in total. The van der Waals surface area contributed by atoms with Crippen LogP contribution >= 0.6 is 0 Å². The Hall–Kier alpha value is -1.36. The summed E-state index contributed by atoms with van der Waals surface area (Å²) in [6.45, 7) is 2.98. The van der Waals surface area contributed by atoms with Gasteiger partial charge in [-0.15, -0.1) is 0 Å². The highest BCUT2D eigenvalue weighted by molar-refractivity contribution is 5.78. The maximum atomic E-state index is 11.7. The molecule has 16 heavy (non-hydrogen) atoms. The number of nitrogens with two attached hydrogens (primary N) is 1. The van der Waals surface area contributed by atoms with Crippen molar-refractivity contribution in [1.29, 1.82) is 0 Å². The second kappa shape index (κ2) is 6.27. The summed E-state index contributed by atoms with van der Waals surface area (Å²) < 4.78 is 1.72. The van der Waals surface area contributed by atoms with Crippen LogP contribution in [0.5, 0.6) is 0 Å². The van der Waals surface area contributed by atoms with Crippen LogP contribution in [0.2, 0.25) is 0 Å². The van der Waals surface area contributed by atoms with Crippen molar-refractivity contribution in [3.05, 3.63) is 18.0 Å². The molecule has 5 heteroatoms. The Labute approximate surface area is 96.0 Å². The minimum Gasteiger partial charge on any atom is -0.352 e. The highest BCUT2D eigenvalue weighted by Crippen LogP contribution is 2.05. The number of rotatable bonds is 6. The van der Waals surface area contributed by atoms with Crippen molar-refractivity contribution in [3.8, 4) is 0 Å². The lowest BCUT2D eigenvalue weighted by atomic mass is 10.0. The molecule has 1 unspecified atom stereocenters. The second-order valence-corrected chi connectivity index (χ2v) is 3.96. The van der Waals surface area contributed by atoms with Crippen LogP contribution in [-0.4, -0.2) is 22.2 Å². The first kappa shape index (κ1) is 12.7. The average molecular weight is 224 g/mol. The van der Waals surface area contributed by atoms with E-state index < -0.39 is 0 Å². The van der Waals surface area contributed by atoms with Crippen LogP contribution in [0.25, 0.3) is 0 Å². The molecule has 0 aromatic carbocycles. The normalized spacial score (nSPS) is 12.4. The van der Waals surface area contributed by atoms with E-state index in [4.69, 9.17) is 5.73 Å². The summed E-state index contributed by atoms with van der Waals surface area (Å²) in [7, 11) is 1.85. The molecule has 0 saturated heterocycles. The number of nitrogens with zero attached hydrogens (tertiary/aromatic N) is 2. The van der Waals surface area contributed by atoms with Gasteiger partial charge in [0.1, 0.15) is 0 Å². The SMILES string of the molecule is CCCC(CN)C(=O)NCc1cnn(C)c1. The highest BCUT2D eigenvalue weighted by atomic mass is 16.1. The topological polar surface area (TPSA) is 72.9 Å². The fourth-order valence-corrected chi connectivity index (χ4v) is 1.60. The lowest BCUT2D eigenvalue weighted by molar-refractivity contribution is -0.125. The lowest BCUT2D eigenvalue weighted by Crippen LogP contribution is -2.34. The maximum absolute atomic E-state index is 11.7. The maximum Gasteiger partial charge on any atom is 0.224 e. The molecule has 1 atom stereocenters. The molecule has 1 amide bonds. The second-order valence-electron chi connectivity index (χ2n) is 3.96. The fraction of sp³-hybridized carbons (Fsp3) is 0.636. The molecule has 1 aromatic heterocycles. The molecular formula is C11H20N4O. The van der Waals surface area contributed by atoms with Gasteiger partial charge in [-0.1, -0.05) is 13.3 Å². The monoisotopic (exact) mass is 224 g/mol. The number of hydrogen-bond donors (Lipinski definition) is 2.